The lowest BCUT2D eigenvalue weighted by Crippen LogP contribution is -2.29. The van der Waals surface area contributed by atoms with Crippen LogP contribution in [0.4, 0.5) is 0 Å². The largest absolute Gasteiger partial charge is 0.341 e. The molecule has 2 nitrogen and oxygen atoms in total. The Morgan fingerprint density at radius 1 is 1.35 bits per heavy atom. The molecule has 0 saturated carbocycles. The first kappa shape index (κ1) is 13.5. The lowest BCUT2D eigenvalue weighted by atomic mass is 9.89. The van der Waals surface area contributed by atoms with E-state index in [1.807, 2.05) is 57.3 Å². The van der Waals surface area contributed by atoms with Gasteiger partial charge in [-0.3, -0.25) is 4.79 Å². The topological polar surface area (TPSA) is 20.3 Å². The molecule has 0 aliphatic rings. The normalized spacial score (nSPS) is 11.0. The number of hydrogen-bond donors (Lipinski definition) is 0. The van der Waals surface area contributed by atoms with Gasteiger partial charge in [-0.1, -0.05) is 50.3 Å². The van der Waals surface area contributed by atoms with Gasteiger partial charge in [-0.25, -0.2) is 0 Å². The highest BCUT2D eigenvalue weighted by Gasteiger charge is 2.20. The average molecular weight is 231 g/mol. The Hall–Kier alpha value is -1.57. The monoisotopic (exact) mass is 231 g/mol. The van der Waals surface area contributed by atoms with Crippen molar-refractivity contribution in [2.75, 3.05) is 7.05 Å². The third-order valence-electron chi connectivity index (χ3n) is 2.85. The molecule has 1 amide bonds. The van der Waals surface area contributed by atoms with Crippen LogP contribution >= 0.6 is 0 Å². The smallest absolute Gasteiger partial charge is 0.223 e. The summed E-state index contributed by atoms with van der Waals surface area (Å²) in [5.41, 5.74) is 1.02. The molecule has 1 rings (SSSR count). The van der Waals surface area contributed by atoms with E-state index in [1.54, 1.807) is 4.90 Å². The average Bonchev–Trinajstić information content (AvgIpc) is 2.30. The Morgan fingerprint density at radius 3 is 2.47 bits per heavy atom. The molecule has 1 aromatic rings. The molecule has 0 fully saturated rings. The molecule has 17 heavy (non-hydrogen) atoms. The zero-order valence-corrected chi connectivity index (χ0v) is 10.9. The van der Waals surface area contributed by atoms with E-state index in [1.165, 1.54) is 0 Å². The molecule has 1 aromatic carbocycles. The van der Waals surface area contributed by atoms with Crippen LogP contribution in [-0.4, -0.2) is 17.9 Å². The van der Waals surface area contributed by atoms with Crippen LogP contribution in [0.1, 0.15) is 25.8 Å². The summed E-state index contributed by atoms with van der Waals surface area (Å²) in [6.07, 6.45) is 2.33. The van der Waals surface area contributed by atoms with E-state index < -0.39 is 0 Å². The summed E-state index contributed by atoms with van der Waals surface area (Å²) < 4.78 is 0. The summed E-state index contributed by atoms with van der Waals surface area (Å²) in [4.78, 5) is 13.8. The second-order valence-corrected chi connectivity index (χ2v) is 5.10. The minimum atomic E-state index is -0.137. The number of benzene rings is 1. The van der Waals surface area contributed by atoms with E-state index in [-0.39, 0.29) is 11.3 Å². The lowest BCUT2D eigenvalue weighted by molar-refractivity contribution is -0.131. The van der Waals surface area contributed by atoms with Crippen molar-refractivity contribution in [3.05, 3.63) is 48.6 Å². The van der Waals surface area contributed by atoms with Gasteiger partial charge in [0.05, 0.1) is 0 Å². The highest BCUT2D eigenvalue weighted by molar-refractivity contribution is 5.76. The van der Waals surface area contributed by atoms with Gasteiger partial charge in [0.25, 0.3) is 0 Å². The molecule has 0 heterocycles. The molecular weight excluding hydrogens is 210 g/mol. The zero-order chi connectivity index (χ0) is 12.9. The SMILES string of the molecule is C=CC(C)(C)CC(=O)N(C)Cc1ccccc1. The van der Waals surface area contributed by atoms with Gasteiger partial charge in [-0.2, -0.15) is 0 Å². The van der Waals surface area contributed by atoms with Gasteiger partial charge in [-0.15, -0.1) is 6.58 Å². The molecule has 2 heteroatoms. The molecule has 0 aliphatic heterocycles. The molecule has 0 aromatic heterocycles. The minimum absolute atomic E-state index is 0.137. The van der Waals surface area contributed by atoms with Gasteiger partial charge < -0.3 is 4.90 Å². The molecule has 0 aliphatic carbocycles. The van der Waals surface area contributed by atoms with Crippen molar-refractivity contribution in [2.45, 2.75) is 26.8 Å². The van der Waals surface area contributed by atoms with Crippen LogP contribution in [0.3, 0.4) is 0 Å². The van der Waals surface area contributed by atoms with Crippen molar-refractivity contribution in [1.82, 2.24) is 4.90 Å². The number of amides is 1. The maximum absolute atomic E-state index is 12.0. The molecule has 0 N–H and O–H groups in total. The van der Waals surface area contributed by atoms with Gasteiger partial charge >= 0.3 is 0 Å². The summed E-state index contributed by atoms with van der Waals surface area (Å²) in [6, 6.07) is 10.0. The van der Waals surface area contributed by atoms with Crippen LogP contribution < -0.4 is 0 Å². The molecule has 0 unspecified atom stereocenters. The van der Waals surface area contributed by atoms with Gasteiger partial charge in [0.1, 0.15) is 0 Å². The van der Waals surface area contributed by atoms with Crippen molar-refractivity contribution < 1.29 is 4.79 Å². The second kappa shape index (κ2) is 5.67. The summed E-state index contributed by atoms with van der Waals surface area (Å²) in [6.45, 7) is 8.46. The predicted octanol–water partition coefficient (Wildman–Crippen LogP) is 3.25. The Kier molecular flexibility index (Phi) is 4.50. The van der Waals surface area contributed by atoms with Gasteiger partial charge in [0.2, 0.25) is 5.91 Å². The molecule has 0 saturated heterocycles. The number of carbonyl (C=O) groups excluding carboxylic acids is 1. The predicted molar refractivity (Wildman–Crippen MR) is 71.5 cm³/mol. The highest BCUT2D eigenvalue weighted by atomic mass is 16.2. The minimum Gasteiger partial charge on any atom is -0.341 e. The first-order chi connectivity index (χ1) is 7.94. The van der Waals surface area contributed by atoms with Crippen LogP contribution in [0.5, 0.6) is 0 Å². The summed E-state index contributed by atoms with van der Waals surface area (Å²) >= 11 is 0. The van der Waals surface area contributed by atoms with Gasteiger partial charge in [0, 0.05) is 20.0 Å². The molecule has 0 bridgehead atoms. The number of rotatable bonds is 5. The van der Waals surface area contributed by atoms with Crippen molar-refractivity contribution in [2.24, 2.45) is 5.41 Å². The fourth-order valence-electron chi connectivity index (χ4n) is 1.54. The van der Waals surface area contributed by atoms with Crippen LogP contribution in [0.25, 0.3) is 0 Å². The fourth-order valence-corrected chi connectivity index (χ4v) is 1.54. The Balaban J connectivity index is 2.56. The second-order valence-electron chi connectivity index (χ2n) is 5.10. The van der Waals surface area contributed by atoms with E-state index in [2.05, 4.69) is 6.58 Å². The van der Waals surface area contributed by atoms with Crippen molar-refractivity contribution in [1.29, 1.82) is 0 Å². The first-order valence-electron chi connectivity index (χ1n) is 5.86. The molecule has 0 spiro atoms. The molecule has 0 atom stereocenters. The summed E-state index contributed by atoms with van der Waals surface area (Å²) in [7, 11) is 1.84. The van der Waals surface area contributed by atoms with E-state index >= 15 is 0 Å². The molecule has 92 valence electrons. The molecular formula is C15H21NO. The fraction of sp³-hybridized carbons (Fsp3) is 0.400. The third-order valence-corrected chi connectivity index (χ3v) is 2.85. The van der Waals surface area contributed by atoms with Gasteiger partial charge in [0.15, 0.2) is 0 Å². The lowest BCUT2D eigenvalue weighted by Gasteiger charge is -2.24. The number of nitrogens with zero attached hydrogens (tertiary/aromatic N) is 1. The van der Waals surface area contributed by atoms with E-state index in [9.17, 15) is 4.79 Å². The van der Waals surface area contributed by atoms with Crippen LogP contribution in [0.2, 0.25) is 0 Å². The molecule has 0 radical (unpaired) electrons. The summed E-state index contributed by atoms with van der Waals surface area (Å²) in [5, 5.41) is 0. The van der Waals surface area contributed by atoms with E-state index in [0.29, 0.717) is 13.0 Å². The maximum Gasteiger partial charge on any atom is 0.223 e. The number of carbonyl (C=O) groups is 1. The van der Waals surface area contributed by atoms with Crippen molar-refractivity contribution in [3.63, 3.8) is 0 Å². The number of hydrogen-bond acceptors (Lipinski definition) is 1. The maximum atomic E-state index is 12.0. The van der Waals surface area contributed by atoms with Crippen molar-refractivity contribution in [3.8, 4) is 0 Å². The van der Waals surface area contributed by atoms with Gasteiger partial charge in [-0.05, 0) is 11.0 Å². The third kappa shape index (κ3) is 4.43. The zero-order valence-electron chi connectivity index (χ0n) is 10.9. The summed E-state index contributed by atoms with van der Waals surface area (Å²) in [5.74, 6) is 0.152. The Labute approximate surface area is 104 Å². The standard InChI is InChI=1S/C15H21NO/c1-5-15(2,3)11-14(17)16(4)12-13-9-7-6-8-10-13/h5-10H,1,11-12H2,2-4H3. The highest BCUT2D eigenvalue weighted by Crippen LogP contribution is 2.22. The van der Waals surface area contributed by atoms with E-state index in [4.69, 9.17) is 0 Å². The van der Waals surface area contributed by atoms with Crippen LogP contribution in [0, 0.1) is 5.41 Å². The van der Waals surface area contributed by atoms with Crippen molar-refractivity contribution >= 4 is 5.91 Å². The first-order valence-corrected chi connectivity index (χ1v) is 5.86. The van der Waals surface area contributed by atoms with Crippen LogP contribution in [0.15, 0.2) is 43.0 Å². The number of allylic oxidation sites excluding steroid dienone is 1. The van der Waals surface area contributed by atoms with Crippen LogP contribution in [-0.2, 0) is 11.3 Å². The van der Waals surface area contributed by atoms with E-state index in [0.717, 1.165) is 5.56 Å². The quantitative estimate of drug-likeness (QED) is 0.712. The Bertz CT molecular complexity index is 381. The Morgan fingerprint density at radius 2 is 1.94 bits per heavy atom.